The third-order valence-corrected chi connectivity index (χ3v) is 3.06. The van der Waals surface area contributed by atoms with Crippen LogP contribution < -0.4 is 5.32 Å². The number of thioether (sulfide) groups is 1. The minimum Gasteiger partial charge on any atom is -0.342 e. The number of nitrogens with one attached hydrogen (secondary N) is 1. The lowest BCUT2D eigenvalue weighted by Gasteiger charge is -2.19. The van der Waals surface area contributed by atoms with E-state index in [1.807, 2.05) is 51.1 Å². The molecule has 0 spiro atoms. The molecular weight excluding hydrogens is 274 g/mol. The summed E-state index contributed by atoms with van der Waals surface area (Å²) >= 11 is 1.12. The molecule has 1 aromatic heterocycles. The molecule has 0 unspecified atom stereocenters. The van der Waals surface area contributed by atoms with Gasteiger partial charge in [0.25, 0.3) is 5.24 Å². The lowest BCUT2D eigenvalue weighted by atomic mass is 10.1. The Labute approximate surface area is 122 Å². The number of hydrogen-bond donors (Lipinski definition) is 1. The fourth-order valence-electron chi connectivity index (χ4n) is 1.49. The fourth-order valence-corrected chi connectivity index (χ4v) is 2.24. The molecule has 0 aliphatic rings. The maximum absolute atomic E-state index is 11.7. The fraction of sp³-hybridized carbons (Fsp3) is 0.357. The Morgan fingerprint density at radius 1 is 1.30 bits per heavy atom. The van der Waals surface area contributed by atoms with Crippen molar-refractivity contribution in [2.45, 2.75) is 32.1 Å². The molecule has 5 nitrogen and oxygen atoms in total. The van der Waals surface area contributed by atoms with Crippen molar-refractivity contribution in [3.05, 3.63) is 36.2 Å². The second-order valence-electron chi connectivity index (χ2n) is 5.33. The molecule has 6 heteroatoms. The zero-order chi connectivity index (χ0) is 14.6. The van der Waals surface area contributed by atoms with Crippen molar-refractivity contribution >= 4 is 17.0 Å². The van der Waals surface area contributed by atoms with E-state index in [0.29, 0.717) is 17.5 Å². The Morgan fingerprint density at radius 3 is 2.65 bits per heavy atom. The van der Waals surface area contributed by atoms with Crippen LogP contribution in [0.25, 0.3) is 11.4 Å². The average Bonchev–Trinajstić information content (AvgIpc) is 2.84. The number of amides is 1. The molecule has 20 heavy (non-hydrogen) atoms. The number of carbonyl (C=O) groups is 1. The van der Waals surface area contributed by atoms with Crippen molar-refractivity contribution in [2.75, 3.05) is 0 Å². The molecule has 0 fully saturated rings. The van der Waals surface area contributed by atoms with E-state index in [1.165, 1.54) is 0 Å². The van der Waals surface area contributed by atoms with Crippen LogP contribution >= 0.6 is 11.8 Å². The van der Waals surface area contributed by atoms with E-state index in [-0.39, 0.29) is 10.8 Å². The third-order valence-electron chi connectivity index (χ3n) is 2.30. The van der Waals surface area contributed by atoms with Crippen LogP contribution in [0, 0.1) is 0 Å². The zero-order valence-electron chi connectivity index (χ0n) is 11.7. The van der Waals surface area contributed by atoms with Crippen LogP contribution in [0.1, 0.15) is 26.7 Å². The Morgan fingerprint density at radius 2 is 2.00 bits per heavy atom. The van der Waals surface area contributed by atoms with Gasteiger partial charge in [-0.2, -0.15) is 4.98 Å². The maximum Gasteiger partial charge on any atom is 0.279 e. The van der Waals surface area contributed by atoms with Crippen molar-refractivity contribution < 1.29 is 9.32 Å². The Hall–Kier alpha value is -1.82. The molecule has 1 N–H and O–H groups in total. The van der Waals surface area contributed by atoms with E-state index < -0.39 is 0 Å². The number of hydrogen-bond acceptors (Lipinski definition) is 5. The first-order valence-corrected chi connectivity index (χ1v) is 7.25. The molecule has 0 saturated heterocycles. The van der Waals surface area contributed by atoms with Gasteiger partial charge in [0.1, 0.15) is 0 Å². The molecule has 1 heterocycles. The monoisotopic (exact) mass is 291 g/mol. The highest BCUT2D eigenvalue weighted by atomic mass is 32.2. The van der Waals surface area contributed by atoms with Crippen LogP contribution in [0.3, 0.4) is 0 Å². The molecule has 2 rings (SSSR count). The van der Waals surface area contributed by atoms with Gasteiger partial charge in [-0.15, -0.1) is 0 Å². The van der Waals surface area contributed by atoms with E-state index in [4.69, 9.17) is 4.52 Å². The normalized spacial score (nSPS) is 11.3. The van der Waals surface area contributed by atoms with Crippen molar-refractivity contribution in [3.63, 3.8) is 0 Å². The van der Waals surface area contributed by atoms with E-state index >= 15 is 0 Å². The molecular formula is C14H17N3O2S. The smallest absolute Gasteiger partial charge is 0.279 e. The van der Waals surface area contributed by atoms with Gasteiger partial charge in [0.2, 0.25) is 11.7 Å². The largest absolute Gasteiger partial charge is 0.342 e. The molecule has 0 bridgehead atoms. The number of benzene rings is 1. The van der Waals surface area contributed by atoms with Crippen LogP contribution in [0.2, 0.25) is 0 Å². The molecule has 0 aliphatic carbocycles. The molecule has 0 radical (unpaired) electrons. The first-order valence-electron chi connectivity index (χ1n) is 6.27. The minimum absolute atomic E-state index is 0.100. The van der Waals surface area contributed by atoms with Crippen molar-refractivity contribution in [1.82, 2.24) is 15.5 Å². The Balaban J connectivity index is 1.92. The average molecular weight is 291 g/mol. The summed E-state index contributed by atoms with van der Waals surface area (Å²) in [4.78, 5) is 15.9. The van der Waals surface area contributed by atoms with Gasteiger partial charge in [-0.3, -0.25) is 4.79 Å². The van der Waals surface area contributed by atoms with Crippen molar-refractivity contribution in [2.24, 2.45) is 0 Å². The number of aromatic nitrogens is 2. The summed E-state index contributed by atoms with van der Waals surface area (Å²) in [6, 6.07) is 9.58. The SMILES string of the molecule is CC(C)(C)NC(=O)SCc1nc(-c2ccccc2)no1. The van der Waals surface area contributed by atoms with E-state index in [9.17, 15) is 4.79 Å². The van der Waals surface area contributed by atoms with Crippen LogP contribution in [0.15, 0.2) is 34.9 Å². The predicted molar refractivity (Wildman–Crippen MR) is 79.3 cm³/mol. The summed E-state index contributed by atoms with van der Waals surface area (Å²) in [5, 5.41) is 6.67. The van der Waals surface area contributed by atoms with Crippen LogP contribution in [0.4, 0.5) is 4.79 Å². The van der Waals surface area contributed by atoms with Gasteiger partial charge in [-0.1, -0.05) is 47.3 Å². The molecule has 1 aromatic carbocycles. The van der Waals surface area contributed by atoms with Gasteiger partial charge in [-0.25, -0.2) is 0 Å². The lowest BCUT2D eigenvalue weighted by molar-refractivity contribution is 0.253. The van der Waals surface area contributed by atoms with Gasteiger partial charge in [0.05, 0.1) is 5.75 Å². The van der Waals surface area contributed by atoms with E-state index in [1.54, 1.807) is 0 Å². The number of nitrogens with zero attached hydrogens (tertiary/aromatic N) is 2. The molecule has 2 aromatic rings. The highest BCUT2D eigenvalue weighted by Gasteiger charge is 2.15. The number of rotatable bonds is 3. The highest BCUT2D eigenvalue weighted by molar-refractivity contribution is 8.12. The van der Waals surface area contributed by atoms with Crippen molar-refractivity contribution in [1.29, 1.82) is 0 Å². The predicted octanol–water partition coefficient (Wildman–Crippen LogP) is 3.48. The first kappa shape index (κ1) is 14.6. The molecule has 1 amide bonds. The molecule has 106 valence electrons. The quantitative estimate of drug-likeness (QED) is 0.937. The summed E-state index contributed by atoms with van der Waals surface area (Å²) in [6.07, 6.45) is 0. The number of carbonyl (C=O) groups excluding carboxylic acids is 1. The summed E-state index contributed by atoms with van der Waals surface area (Å²) in [5.74, 6) is 1.34. The summed E-state index contributed by atoms with van der Waals surface area (Å²) < 4.78 is 5.14. The van der Waals surface area contributed by atoms with Crippen molar-refractivity contribution in [3.8, 4) is 11.4 Å². The highest BCUT2D eigenvalue weighted by Crippen LogP contribution is 2.18. The standard InChI is InChI=1S/C14H17N3O2S/c1-14(2,3)16-13(18)20-9-11-15-12(17-19-11)10-7-5-4-6-8-10/h4-8H,9H2,1-3H3,(H,16,18). The van der Waals surface area contributed by atoms with Crippen LogP contribution in [-0.2, 0) is 5.75 Å². The molecule has 0 aliphatic heterocycles. The third kappa shape index (κ3) is 4.38. The van der Waals surface area contributed by atoms with Gasteiger partial charge < -0.3 is 9.84 Å². The van der Waals surface area contributed by atoms with Gasteiger partial charge >= 0.3 is 0 Å². The van der Waals surface area contributed by atoms with Crippen LogP contribution in [-0.4, -0.2) is 20.9 Å². The lowest BCUT2D eigenvalue weighted by Crippen LogP contribution is -2.38. The summed E-state index contributed by atoms with van der Waals surface area (Å²) in [7, 11) is 0. The van der Waals surface area contributed by atoms with Crippen LogP contribution in [0.5, 0.6) is 0 Å². The van der Waals surface area contributed by atoms with E-state index in [2.05, 4.69) is 15.5 Å². The molecule has 0 saturated carbocycles. The van der Waals surface area contributed by atoms with Gasteiger partial charge in [0, 0.05) is 11.1 Å². The first-order chi connectivity index (χ1) is 9.44. The topological polar surface area (TPSA) is 68.0 Å². The van der Waals surface area contributed by atoms with E-state index in [0.717, 1.165) is 17.3 Å². The Bertz CT molecular complexity index is 576. The van der Waals surface area contributed by atoms with Gasteiger partial charge in [0.15, 0.2) is 0 Å². The summed E-state index contributed by atoms with van der Waals surface area (Å²) in [5.41, 5.74) is 0.653. The molecule has 0 atom stereocenters. The zero-order valence-corrected chi connectivity index (χ0v) is 12.5. The minimum atomic E-state index is -0.242. The Kier molecular flexibility index (Phi) is 4.44. The second kappa shape index (κ2) is 6.09. The maximum atomic E-state index is 11.7. The second-order valence-corrected chi connectivity index (χ2v) is 6.28. The summed E-state index contributed by atoms with van der Waals surface area (Å²) in [6.45, 7) is 5.81. The van der Waals surface area contributed by atoms with Gasteiger partial charge in [-0.05, 0) is 20.8 Å².